The SMILES string of the molecule is NS(=O)(=O)c1ccc(CC[NH2+][C@H]2CC(=O)N(c3ccccc3)C2=O)cc1. The summed E-state index contributed by atoms with van der Waals surface area (Å²) in [6.45, 7) is 0.612. The van der Waals surface area contributed by atoms with Gasteiger partial charge in [-0.15, -0.1) is 0 Å². The molecular weight excluding hydrogens is 354 g/mol. The van der Waals surface area contributed by atoms with Crippen LogP contribution in [0.5, 0.6) is 0 Å². The van der Waals surface area contributed by atoms with Gasteiger partial charge in [-0.05, 0) is 29.8 Å². The van der Waals surface area contributed by atoms with Crippen LogP contribution in [0.2, 0.25) is 0 Å². The summed E-state index contributed by atoms with van der Waals surface area (Å²) >= 11 is 0. The molecule has 26 heavy (non-hydrogen) atoms. The second kappa shape index (κ2) is 7.36. The number of carbonyl (C=O) groups is 2. The molecule has 0 aromatic heterocycles. The van der Waals surface area contributed by atoms with Gasteiger partial charge in [-0.1, -0.05) is 30.3 Å². The molecule has 3 rings (SSSR count). The van der Waals surface area contributed by atoms with Gasteiger partial charge >= 0.3 is 0 Å². The number of primary sulfonamides is 1. The summed E-state index contributed by atoms with van der Waals surface area (Å²) in [6, 6.07) is 14.8. The molecule has 1 atom stereocenters. The topological polar surface area (TPSA) is 114 Å². The van der Waals surface area contributed by atoms with Gasteiger partial charge in [0.05, 0.1) is 23.5 Å². The van der Waals surface area contributed by atoms with Crippen molar-refractivity contribution in [2.45, 2.75) is 23.8 Å². The first kappa shape index (κ1) is 18.2. The molecule has 0 radical (unpaired) electrons. The summed E-state index contributed by atoms with van der Waals surface area (Å²) in [7, 11) is -3.69. The number of nitrogens with zero attached hydrogens (tertiary/aromatic N) is 1. The molecule has 0 unspecified atom stereocenters. The van der Waals surface area contributed by atoms with Gasteiger partial charge in [-0.2, -0.15) is 0 Å². The van der Waals surface area contributed by atoms with Gasteiger partial charge in [0.2, 0.25) is 15.9 Å². The second-order valence-electron chi connectivity index (χ2n) is 6.18. The number of amides is 2. The van der Waals surface area contributed by atoms with Crippen LogP contribution in [0, 0.1) is 0 Å². The minimum atomic E-state index is -3.69. The van der Waals surface area contributed by atoms with Crippen molar-refractivity contribution < 1.29 is 23.3 Å². The first-order valence-corrected chi connectivity index (χ1v) is 9.78. The van der Waals surface area contributed by atoms with Crippen molar-refractivity contribution in [3.63, 3.8) is 0 Å². The van der Waals surface area contributed by atoms with Gasteiger partial charge in [0.1, 0.15) is 0 Å². The van der Waals surface area contributed by atoms with Crippen LogP contribution in [0.25, 0.3) is 0 Å². The number of para-hydroxylation sites is 1. The number of quaternary nitrogens is 1. The fourth-order valence-corrected chi connectivity index (χ4v) is 3.50. The van der Waals surface area contributed by atoms with Crippen LogP contribution in [0.4, 0.5) is 5.69 Å². The van der Waals surface area contributed by atoms with Gasteiger partial charge in [-0.3, -0.25) is 9.59 Å². The first-order chi connectivity index (χ1) is 12.4. The lowest BCUT2D eigenvalue weighted by molar-refractivity contribution is -0.674. The highest BCUT2D eigenvalue weighted by Crippen LogP contribution is 2.20. The van der Waals surface area contributed by atoms with Crippen molar-refractivity contribution >= 4 is 27.5 Å². The summed E-state index contributed by atoms with van der Waals surface area (Å²) in [5, 5.41) is 6.93. The molecular formula is C18H20N3O4S+. The Labute approximate surface area is 151 Å². The fourth-order valence-electron chi connectivity index (χ4n) is 2.98. The van der Waals surface area contributed by atoms with Crippen LogP contribution in [0.3, 0.4) is 0 Å². The van der Waals surface area contributed by atoms with E-state index in [4.69, 9.17) is 5.14 Å². The zero-order chi connectivity index (χ0) is 18.7. The van der Waals surface area contributed by atoms with Crippen LogP contribution in [0.15, 0.2) is 59.5 Å². The number of imide groups is 1. The lowest BCUT2D eigenvalue weighted by atomic mass is 10.1. The van der Waals surface area contributed by atoms with E-state index < -0.39 is 16.1 Å². The lowest BCUT2D eigenvalue weighted by Gasteiger charge is -2.13. The average molecular weight is 374 g/mol. The van der Waals surface area contributed by atoms with E-state index >= 15 is 0 Å². The predicted molar refractivity (Wildman–Crippen MR) is 95.7 cm³/mol. The van der Waals surface area contributed by atoms with E-state index in [0.29, 0.717) is 18.7 Å². The van der Waals surface area contributed by atoms with Crippen LogP contribution in [-0.4, -0.2) is 32.8 Å². The number of benzene rings is 2. The number of hydrogen-bond acceptors (Lipinski definition) is 4. The first-order valence-electron chi connectivity index (χ1n) is 8.23. The standard InChI is InChI=1S/C18H19N3O4S/c19-26(24,25)15-8-6-13(7-9-15)10-11-20-16-12-17(22)21(18(16)23)14-4-2-1-3-5-14/h1-9,16,20H,10-12H2,(H2,19,24,25)/p+1/t16-/m0/s1. The van der Waals surface area contributed by atoms with Crippen molar-refractivity contribution in [2.24, 2.45) is 5.14 Å². The second-order valence-corrected chi connectivity index (χ2v) is 7.74. The van der Waals surface area contributed by atoms with E-state index in [2.05, 4.69) is 0 Å². The number of sulfonamides is 1. The Morgan fingerprint density at radius 3 is 2.31 bits per heavy atom. The molecule has 0 bridgehead atoms. The smallest absolute Gasteiger partial charge is 0.292 e. The van der Waals surface area contributed by atoms with Gasteiger partial charge in [0, 0.05) is 6.42 Å². The molecule has 1 fully saturated rings. The van der Waals surface area contributed by atoms with Crippen LogP contribution in [0.1, 0.15) is 12.0 Å². The van der Waals surface area contributed by atoms with E-state index in [-0.39, 0.29) is 23.1 Å². The zero-order valence-electron chi connectivity index (χ0n) is 14.0. The monoisotopic (exact) mass is 374 g/mol. The Morgan fingerprint density at radius 1 is 1.04 bits per heavy atom. The third-order valence-electron chi connectivity index (χ3n) is 4.33. The third kappa shape index (κ3) is 3.98. The van der Waals surface area contributed by atoms with Gasteiger partial charge in [0.15, 0.2) is 6.04 Å². The molecule has 2 aromatic rings. The molecule has 1 heterocycles. The number of anilines is 1. The maximum absolute atomic E-state index is 12.5. The zero-order valence-corrected chi connectivity index (χ0v) is 14.9. The van der Waals surface area contributed by atoms with Crippen LogP contribution >= 0.6 is 0 Å². The van der Waals surface area contributed by atoms with Crippen LogP contribution in [-0.2, 0) is 26.0 Å². The molecule has 0 saturated carbocycles. The summed E-state index contributed by atoms with van der Waals surface area (Å²) in [5.74, 6) is -0.397. The number of rotatable bonds is 6. The maximum Gasteiger partial charge on any atom is 0.292 e. The minimum absolute atomic E-state index is 0.0697. The summed E-state index contributed by atoms with van der Waals surface area (Å²) in [5.41, 5.74) is 1.53. The Hall–Kier alpha value is -2.55. The normalized spacial score (nSPS) is 17.7. The Morgan fingerprint density at radius 2 is 1.69 bits per heavy atom. The Balaban J connectivity index is 1.57. The molecule has 2 aromatic carbocycles. The molecule has 2 amide bonds. The number of nitrogens with two attached hydrogens (primary N) is 2. The predicted octanol–water partition coefficient (Wildman–Crippen LogP) is -0.228. The maximum atomic E-state index is 12.5. The molecule has 0 aliphatic carbocycles. The highest BCUT2D eigenvalue weighted by atomic mass is 32.2. The van der Waals surface area contributed by atoms with E-state index in [0.717, 1.165) is 5.56 Å². The summed E-state index contributed by atoms with van der Waals surface area (Å²) in [6.07, 6.45) is 0.826. The van der Waals surface area contributed by atoms with Gasteiger partial charge < -0.3 is 5.32 Å². The van der Waals surface area contributed by atoms with E-state index in [9.17, 15) is 18.0 Å². The summed E-state index contributed by atoms with van der Waals surface area (Å²) < 4.78 is 22.5. The van der Waals surface area contributed by atoms with E-state index in [1.165, 1.54) is 17.0 Å². The van der Waals surface area contributed by atoms with Crippen molar-refractivity contribution in [3.8, 4) is 0 Å². The lowest BCUT2D eigenvalue weighted by Crippen LogP contribution is -2.92. The molecule has 1 aliphatic rings. The van der Waals surface area contributed by atoms with Crippen molar-refractivity contribution in [1.82, 2.24) is 0 Å². The molecule has 1 aliphatic heterocycles. The van der Waals surface area contributed by atoms with Crippen molar-refractivity contribution in [1.29, 1.82) is 0 Å². The Kier molecular flexibility index (Phi) is 5.17. The molecule has 7 nitrogen and oxygen atoms in total. The fraction of sp³-hybridized carbons (Fsp3) is 0.222. The van der Waals surface area contributed by atoms with Gasteiger partial charge in [0.25, 0.3) is 5.91 Å². The van der Waals surface area contributed by atoms with Crippen LogP contribution < -0.4 is 15.4 Å². The van der Waals surface area contributed by atoms with Gasteiger partial charge in [-0.25, -0.2) is 18.5 Å². The molecule has 4 N–H and O–H groups in total. The highest BCUT2D eigenvalue weighted by molar-refractivity contribution is 7.89. The molecule has 136 valence electrons. The average Bonchev–Trinajstić information content (AvgIpc) is 2.89. The quantitative estimate of drug-likeness (QED) is 0.680. The van der Waals surface area contributed by atoms with E-state index in [1.54, 1.807) is 36.4 Å². The van der Waals surface area contributed by atoms with E-state index in [1.807, 2.05) is 11.4 Å². The third-order valence-corrected chi connectivity index (χ3v) is 5.26. The summed E-state index contributed by atoms with van der Waals surface area (Å²) in [4.78, 5) is 26.0. The number of carbonyl (C=O) groups excluding carboxylic acids is 2. The highest BCUT2D eigenvalue weighted by Gasteiger charge is 2.41. The molecule has 8 heteroatoms. The number of hydrogen-bond donors (Lipinski definition) is 2. The van der Waals surface area contributed by atoms with Crippen molar-refractivity contribution in [3.05, 3.63) is 60.2 Å². The minimum Gasteiger partial charge on any atom is -0.335 e. The Bertz CT molecular complexity index is 911. The van der Waals surface area contributed by atoms with Crippen molar-refractivity contribution in [2.75, 3.05) is 11.4 Å². The largest absolute Gasteiger partial charge is 0.335 e. The molecule has 1 saturated heterocycles. The molecule has 0 spiro atoms.